The van der Waals surface area contributed by atoms with Crippen LogP contribution in [0.4, 0.5) is 5.69 Å². The summed E-state index contributed by atoms with van der Waals surface area (Å²) in [4.78, 5) is 5.50. The van der Waals surface area contributed by atoms with Crippen molar-refractivity contribution < 1.29 is 5.11 Å². The number of hydrogen-bond donors (Lipinski definition) is 2. The molecule has 1 heterocycles. The predicted octanol–water partition coefficient (Wildman–Crippen LogP) is 2.54. The summed E-state index contributed by atoms with van der Waals surface area (Å²) in [5, 5.41) is 10.0. The number of fused-ring (bicyclic) bond motifs is 1. The first kappa shape index (κ1) is 12.2. The molecular formula is C13H16N2OS. The van der Waals surface area contributed by atoms with Crippen LogP contribution in [0.25, 0.3) is 10.9 Å². The summed E-state index contributed by atoms with van der Waals surface area (Å²) >= 11 is 1.71. The molecule has 0 amide bonds. The summed E-state index contributed by atoms with van der Waals surface area (Å²) in [5.74, 6) is 1.17. The zero-order valence-electron chi connectivity index (χ0n) is 9.76. The summed E-state index contributed by atoms with van der Waals surface area (Å²) in [5.41, 5.74) is 7.62. The number of pyridine rings is 1. The number of nitrogens with zero attached hydrogens (tertiary/aromatic N) is 1. The first-order chi connectivity index (χ1) is 8.22. The van der Waals surface area contributed by atoms with E-state index < -0.39 is 0 Å². The Balaban J connectivity index is 2.32. The minimum Gasteiger partial charge on any atom is -0.398 e. The van der Waals surface area contributed by atoms with Gasteiger partial charge in [0.25, 0.3) is 0 Å². The fourth-order valence-corrected chi connectivity index (χ4v) is 2.60. The lowest BCUT2D eigenvalue weighted by atomic mass is 10.2. The van der Waals surface area contributed by atoms with Crippen LogP contribution in [0.2, 0.25) is 0 Å². The molecule has 0 aliphatic heterocycles. The standard InChI is InChI=1S/C13H16N2OS/c1-9(7-16)8-17-12-5-4-11(14)10-3-2-6-15-13(10)12/h2-6,9,16H,7-8,14H2,1H3. The molecule has 2 rings (SSSR count). The van der Waals surface area contributed by atoms with Gasteiger partial charge in [-0.25, -0.2) is 0 Å². The number of aliphatic hydroxyl groups excluding tert-OH is 1. The normalized spacial score (nSPS) is 12.8. The summed E-state index contributed by atoms with van der Waals surface area (Å²) in [6.07, 6.45) is 1.78. The number of anilines is 1. The Kier molecular flexibility index (Phi) is 3.86. The van der Waals surface area contributed by atoms with Crippen LogP contribution in [0.3, 0.4) is 0 Å². The summed E-state index contributed by atoms with van der Waals surface area (Å²) in [7, 11) is 0. The zero-order chi connectivity index (χ0) is 12.3. The SMILES string of the molecule is CC(CO)CSc1ccc(N)c2cccnc12. The topological polar surface area (TPSA) is 59.1 Å². The van der Waals surface area contributed by atoms with E-state index in [1.165, 1.54) is 0 Å². The Morgan fingerprint density at radius 2 is 2.24 bits per heavy atom. The minimum absolute atomic E-state index is 0.216. The van der Waals surface area contributed by atoms with Crippen molar-refractivity contribution in [2.45, 2.75) is 11.8 Å². The van der Waals surface area contributed by atoms with Crippen LogP contribution in [0, 0.1) is 5.92 Å². The Bertz CT molecular complexity index is 516. The van der Waals surface area contributed by atoms with Crippen LogP contribution in [0.1, 0.15) is 6.92 Å². The maximum atomic E-state index is 9.02. The van der Waals surface area contributed by atoms with Crippen LogP contribution in [-0.2, 0) is 0 Å². The monoisotopic (exact) mass is 248 g/mol. The third kappa shape index (κ3) is 2.70. The fourth-order valence-electron chi connectivity index (χ4n) is 1.57. The third-order valence-corrected chi connectivity index (χ3v) is 3.98. The molecule has 0 fully saturated rings. The molecular weight excluding hydrogens is 232 g/mol. The smallest absolute Gasteiger partial charge is 0.0858 e. The lowest BCUT2D eigenvalue weighted by Gasteiger charge is -2.10. The van der Waals surface area contributed by atoms with E-state index in [4.69, 9.17) is 10.8 Å². The number of nitrogens with two attached hydrogens (primary N) is 1. The highest BCUT2D eigenvalue weighted by Gasteiger charge is 2.07. The second-order valence-electron chi connectivity index (χ2n) is 4.15. The predicted molar refractivity (Wildman–Crippen MR) is 73.1 cm³/mol. The van der Waals surface area contributed by atoms with Gasteiger partial charge in [-0.2, -0.15) is 0 Å². The Morgan fingerprint density at radius 3 is 3.00 bits per heavy atom. The van der Waals surface area contributed by atoms with E-state index in [0.717, 1.165) is 27.2 Å². The average molecular weight is 248 g/mol. The molecule has 1 aromatic carbocycles. The third-order valence-electron chi connectivity index (χ3n) is 2.60. The van der Waals surface area contributed by atoms with Gasteiger partial charge in [-0.05, 0) is 30.2 Å². The van der Waals surface area contributed by atoms with Gasteiger partial charge in [0.15, 0.2) is 0 Å². The molecule has 0 saturated carbocycles. The van der Waals surface area contributed by atoms with Gasteiger partial charge in [0, 0.05) is 34.5 Å². The van der Waals surface area contributed by atoms with Gasteiger partial charge in [-0.15, -0.1) is 11.8 Å². The first-order valence-electron chi connectivity index (χ1n) is 5.59. The highest BCUT2D eigenvalue weighted by molar-refractivity contribution is 7.99. The molecule has 0 aliphatic rings. The second kappa shape index (κ2) is 5.38. The molecule has 0 spiro atoms. The molecule has 3 nitrogen and oxygen atoms in total. The molecule has 0 radical (unpaired) electrons. The van der Waals surface area contributed by atoms with Crippen molar-refractivity contribution in [1.82, 2.24) is 4.98 Å². The van der Waals surface area contributed by atoms with Crippen LogP contribution >= 0.6 is 11.8 Å². The van der Waals surface area contributed by atoms with Gasteiger partial charge in [0.05, 0.1) is 5.52 Å². The lowest BCUT2D eigenvalue weighted by Crippen LogP contribution is -2.03. The minimum atomic E-state index is 0.216. The molecule has 0 bridgehead atoms. The van der Waals surface area contributed by atoms with E-state index in [-0.39, 0.29) is 12.5 Å². The van der Waals surface area contributed by atoms with Crippen molar-refractivity contribution in [3.05, 3.63) is 30.5 Å². The van der Waals surface area contributed by atoms with Gasteiger partial charge in [0.1, 0.15) is 0 Å². The molecule has 1 atom stereocenters. The Morgan fingerprint density at radius 1 is 1.41 bits per heavy atom. The van der Waals surface area contributed by atoms with E-state index in [2.05, 4.69) is 4.98 Å². The fraction of sp³-hybridized carbons (Fsp3) is 0.308. The van der Waals surface area contributed by atoms with Gasteiger partial charge < -0.3 is 10.8 Å². The van der Waals surface area contributed by atoms with Crippen molar-refractivity contribution in [1.29, 1.82) is 0 Å². The molecule has 1 aromatic heterocycles. The molecule has 1 unspecified atom stereocenters. The average Bonchev–Trinajstić information content (AvgIpc) is 2.38. The van der Waals surface area contributed by atoms with Crippen LogP contribution in [0.5, 0.6) is 0 Å². The van der Waals surface area contributed by atoms with E-state index in [0.29, 0.717) is 0 Å². The van der Waals surface area contributed by atoms with E-state index in [1.807, 2.05) is 31.2 Å². The molecule has 0 saturated heterocycles. The molecule has 2 aromatic rings. The van der Waals surface area contributed by atoms with E-state index in [9.17, 15) is 0 Å². The van der Waals surface area contributed by atoms with Crippen LogP contribution in [0.15, 0.2) is 35.4 Å². The van der Waals surface area contributed by atoms with Crippen molar-refractivity contribution in [2.75, 3.05) is 18.1 Å². The quantitative estimate of drug-likeness (QED) is 0.645. The molecule has 3 N–H and O–H groups in total. The van der Waals surface area contributed by atoms with E-state index >= 15 is 0 Å². The maximum absolute atomic E-state index is 9.02. The van der Waals surface area contributed by atoms with Gasteiger partial charge in [-0.3, -0.25) is 4.98 Å². The largest absolute Gasteiger partial charge is 0.398 e. The van der Waals surface area contributed by atoms with Gasteiger partial charge in [0.2, 0.25) is 0 Å². The second-order valence-corrected chi connectivity index (χ2v) is 5.21. The highest BCUT2D eigenvalue weighted by Crippen LogP contribution is 2.30. The van der Waals surface area contributed by atoms with Crippen molar-refractivity contribution in [3.8, 4) is 0 Å². The van der Waals surface area contributed by atoms with Crippen LogP contribution < -0.4 is 5.73 Å². The first-order valence-corrected chi connectivity index (χ1v) is 6.57. The lowest BCUT2D eigenvalue weighted by molar-refractivity contribution is 0.250. The number of rotatable bonds is 4. The van der Waals surface area contributed by atoms with Gasteiger partial charge >= 0.3 is 0 Å². The number of benzene rings is 1. The van der Waals surface area contributed by atoms with Gasteiger partial charge in [-0.1, -0.05) is 6.92 Å². The zero-order valence-corrected chi connectivity index (χ0v) is 10.6. The molecule has 0 aliphatic carbocycles. The number of aliphatic hydroxyl groups is 1. The molecule has 4 heteroatoms. The molecule has 17 heavy (non-hydrogen) atoms. The highest BCUT2D eigenvalue weighted by atomic mass is 32.2. The number of thioether (sulfide) groups is 1. The Labute approximate surface area is 105 Å². The number of aromatic nitrogens is 1. The Hall–Kier alpha value is -1.26. The van der Waals surface area contributed by atoms with Crippen molar-refractivity contribution in [3.63, 3.8) is 0 Å². The van der Waals surface area contributed by atoms with Crippen LogP contribution in [-0.4, -0.2) is 22.5 Å². The van der Waals surface area contributed by atoms with Crippen molar-refractivity contribution in [2.24, 2.45) is 5.92 Å². The summed E-state index contributed by atoms with van der Waals surface area (Å²) in [6, 6.07) is 7.79. The summed E-state index contributed by atoms with van der Waals surface area (Å²) < 4.78 is 0. The number of nitrogen functional groups attached to an aromatic ring is 1. The number of hydrogen-bond acceptors (Lipinski definition) is 4. The maximum Gasteiger partial charge on any atom is 0.0858 e. The summed E-state index contributed by atoms with van der Waals surface area (Å²) in [6.45, 7) is 2.24. The van der Waals surface area contributed by atoms with E-state index in [1.54, 1.807) is 18.0 Å². The van der Waals surface area contributed by atoms with Crippen molar-refractivity contribution >= 4 is 28.4 Å². The molecule has 90 valence electrons.